The van der Waals surface area contributed by atoms with Gasteiger partial charge >= 0.3 is 0 Å². The van der Waals surface area contributed by atoms with Crippen LogP contribution in [0.5, 0.6) is 0 Å². The highest BCUT2D eigenvalue weighted by molar-refractivity contribution is 5.15. The molecule has 8 rings (SSSR count). The van der Waals surface area contributed by atoms with E-state index in [0.717, 1.165) is 51.4 Å². The van der Waals surface area contributed by atoms with Crippen molar-refractivity contribution >= 4 is 0 Å². The van der Waals surface area contributed by atoms with Crippen molar-refractivity contribution in [1.29, 1.82) is 0 Å². The fraction of sp³-hybridized carbons (Fsp3) is 1.00. The summed E-state index contributed by atoms with van der Waals surface area (Å²) in [4.78, 5) is 0. The molecule has 64 heavy (non-hydrogen) atoms. The van der Waals surface area contributed by atoms with Gasteiger partial charge in [0.05, 0.1) is 38.6 Å². The minimum Gasteiger partial charge on any atom is -0.394 e. The first kappa shape index (κ1) is 49.7. The number of rotatable bonds is 13. The van der Waals surface area contributed by atoms with Crippen molar-refractivity contribution in [3.8, 4) is 0 Å². The fourth-order valence-corrected chi connectivity index (χ4v) is 14.2. The van der Waals surface area contributed by atoms with Gasteiger partial charge < -0.3 is 94.4 Å². The lowest BCUT2D eigenvalue weighted by molar-refractivity contribution is -0.364. The first-order chi connectivity index (χ1) is 30.3. The third-order valence-corrected chi connectivity index (χ3v) is 18.0. The van der Waals surface area contributed by atoms with E-state index >= 15 is 0 Å². The molecule has 19 heteroatoms. The molecule has 4 saturated carbocycles. The van der Waals surface area contributed by atoms with Gasteiger partial charge in [-0.2, -0.15) is 0 Å². The summed E-state index contributed by atoms with van der Waals surface area (Å²) in [5.74, 6) is 0.654. The van der Waals surface area contributed by atoms with Crippen LogP contribution in [-0.4, -0.2) is 198 Å². The number of aliphatic hydroxyl groups excluding tert-OH is 11. The number of fused-ring (bicyclic) bond motifs is 7. The molecular weight excluding hydrogens is 844 g/mol. The van der Waals surface area contributed by atoms with Crippen LogP contribution in [0.2, 0.25) is 0 Å². The van der Waals surface area contributed by atoms with Gasteiger partial charge in [0, 0.05) is 12.3 Å². The van der Waals surface area contributed by atoms with E-state index in [2.05, 4.69) is 20.8 Å². The van der Waals surface area contributed by atoms with Gasteiger partial charge in [-0.15, -0.1) is 0 Å². The molecule has 8 fully saturated rings. The maximum atomic E-state index is 12.0. The Labute approximate surface area is 374 Å². The molecule has 0 radical (unpaired) electrons. The molecular formula is C45H76O19. The Morgan fingerprint density at radius 1 is 0.625 bits per heavy atom. The maximum absolute atomic E-state index is 12.0. The molecule has 8 aliphatic rings. The van der Waals surface area contributed by atoms with Crippen LogP contribution in [0.15, 0.2) is 0 Å². The van der Waals surface area contributed by atoms with E-state index in [1.54, 1.807) is 0 Å². The predicted molar refractivity (Wildman–Crippen MR) is 219 cm³/mol. The predicted octanol–water partition coefficient (Wildman–Crippen LogP) is -1.78. The van der Waals surface area contributed by atoms with Crippen LogP contribution in [0.4, 0.5) is 0 Å². The quantitative estimate of drug-likeness (QED) is 0.0909. The van der Waals surface area contributed by atoms with Crippen LogP contribution >= 0.6 is 0 Å². The summed E-state index contributed by atoms with van der Waals surface area (Å²) in [5, 5.41) is 125. The zero-order valence-electron chi connectivity index (χ0n) is 37.5. The minimum absolute atomic E-state index is 0.0139. The topological polar surface area (TPSA) is 307 Å². The highest BCUT2D eigenvalue weighted by atomic mass is 16.7. The summed E-state index contributed by atoms with van der Waals surface area (Å²) < 4.78 is 41.5. The summed E-state index contributed by atoms with van der Waals surface area (Å²) >= 11 is 0. The normalized spacial score (nSPS) is 55.6. The lowest BCUT2D eigenvalue weighted by Gasteiger charge is -2.61. The van der Waals surface area contributed by atoms with Gasteiger partial charge in [-0.25, -0.2) is 0 Å². The minimum atomic E-state index is -1.75. The lowest BCUT2D eigenvalue weighted by atomic mass is 9.44. The first-order valence-electron chi connectivity index (χ1n) is 23.9. The summed E-state index contributed by atoms with van der Waals surface area (Å²) in [6.07, 6.45) is -13.5. The molecule has 4 saturated heterocycles. The van der Waals surface area contributed by atoms with E-state index < -0.39 is 118 Å². The summed E-state index contributed by atoms with van der Waals surface area (Å²) in [7, 11) is 0. The fourth-order valence-electron chi connectivity index (χ4n) is 14.2. The van der Waals surface area contributed by atoms with E-state index in [0.29, 0.717) is 36.5 Å². The Hall–Kier alpha value is -0.760. The largest absolute Gasteiger partial charge is 0.394 e. The highest BCUT2D eigenvalue weighted by Gasteiger charge is 2.68. The van der Waals surface area contributed by atoms with Gasteiger partial charge in [-0.1, -0.05) is 27.7 Å². The molecule has 0 aromatic carbocycles. The summed E-state index contributed by atoms with van der Waals surface area (Å²) in [6, 6.07) is 0. The number of aliphatic hydroxyl groups is 12. The van der Waals surface area contributed by atoms with Gasteiger partial charge in [0.25, 0.3) is 0 Å². The molecule has 19 nitrogen and oxygen atoms in total. The van der Waals surface area contributed by atoms with E-state index in [1.165, 1.54) is 0 Å². The average molecular weight is 921 g/mol. The van der Waals surface area contributed by atoms with Gasteiger partial charge in [-0.05, 0) is 104 Å². The van der Waals surface area contributed by atoms with Crippen LogP contribution in [-0.2, 0) is 33.2 Å². The first-order valence-corrected chi connectivity index (χ1v) is 23.9. The standard InChI is InChI=1S/C45H76O19/c1-19(18-58-40-36(54)33(51)31(49)27(15-46)60-40)7-12-45(57)20(2)30-26(64-45)14-25-23-6-5-21-13-22(8-10-43(21,3)24(23)9-11-44(25,30)4)59-41-38(56)35(53)39(29(17-48)62-41)63-42-37(55)34(52)32(50)28(16-47)61-42/h19-42,46-57H,5-18H2,1-4H3/t19-,20-,21-,22-,23+,24-,25-,26-,27+,28+,29+,30-,31+,32+,33-,34-,35+,36+,37+,38+,39-,40+,41+,42-,43-,44-,45+/m0/s1. The molecule has 4 aliphatic heterocycles. The molecule has 12 N–H and O–H groups in total. The van der Waals surface area contributed by atoms with E-state index in [9.17, 15) is 61.3 Å². The second-order valence-electron chi connectivity index (χ2n) is 21.5. The maximum Gasteiger partial charge on any atom is 0.187 e. The van der Waals surface area contributed by atoms with Gasteiger partial charge in [0.2, 0.25) is 0 Å². The number of ether oxygens (including phenoxy) is 7. The van der Waals surface area contributed by atoms with E-state index in [4.69, 9.17) is 33.2 Å². The Bertz CT molecular complexity index is 1560. The van der Waals surface area contributed by atoms with Crippen molar-refractivity contribution < 1.29 is 94.4 Å². The van der Waals surface area contributed by atoms with Crippen molar-refractivity contribution in [2.45, 2.75) is 202 Å². The van der Waals surface area contributed by atoms with Gasteiger partial charge in [-0.3, -0.25) is 0 Å². The summed E-state index contributed by atoms with van der Waals surface area (Å²) in [5.41, 5.74) is 0.0896. The average Bonchev–Trinajstić information content (AvgIpc) is 3.72. The van der Waals surface area contributed by atoms with Crippen LogP contribution < -0.4 is 0 Å². The number of hydrogen-bond acceptors (Lipinski definition) is 19. The zero-order valence-corrected chi connectivity index (χ0v) is 37.5. The van der Waals surface area contributed by atoms with Gasteiger partial charge in [0.1, 0.15) is 73.2 Å². The molecule has 0 aromatic heterocycles. The van der Waals surface area contributed by atoms with E-state index in [1.807, 2.05) is 6.92 Å². The molecule has 27 atom stereocenters. The highest BCUT2D eigenvalue weighted by Crippen LogP contribution is 2.71. The van der Waals surface area contributed by atoms with Crippen LogP contribution in [0.1, 0.15) is 91.9 Å². The van der Waals surface area contributed by atoms with Crippen molar-refractivity contribution in [2.75, 3.05) is 26.4 Å². The molecule has 4 aliphatic carbocycles. The molecule has 0 amide bonds. The molecule has 370 valence electrons. The summed E-state index contributed by atoms with van der Waals surface area (Å²) in [6.45, 7) is 7.28. The van der Waals surface area contributed by atoms with Crippen molar-refractivity contribution in [3.05, 3.63) is 0 Å². The number of hydrogen-bond donors (Lipinski definition) is 12. The molecule has 4 heterocycles. The smallest absolute Gasteiger partial charge is 0.187 e. The molecule has 0 unspecified atom stereocenters. The van der Waals surface area contributed by atoms with Crippen LogP contribution in [0.25, 0.3) is 0 Å². The van der Waals surface area contributed by atoms with Gasteiger partial charge in [0.15, 0.2) is 24.7 Å². The Morgan fingerprint density at radius 2 is 1.20 bits per heavy atom. The second kappa shape index (κ2) is 19.2. The van der Waals surface area contributed by atoms with Crippen LogP contribution in [0.3, 0.4) is 0 Å². The third kappa shape index (κ3) is 8.65. The van der Waals surface area contributed by atoms with Crippen molar-refractivity contribution in [3.63, 3.8) is 0 Å². The van der Waals surface area contributed by atoms with Crippen molar-refractivity contribution in [1.82, 2.24) is 0 Å². The Morgan fingerprint density at radius 3 is 1.86 bits per heavy atom. The van der Waals surface area contributed by atoms with Crippen molar-refractivity contribution in [2.24, 2.45) is 52.3 Å². The SMILES string of the molecule is C[C@@H](CC[C@@]1(O)O[C@H]2C[C@H]3[C@@H]4CC[C@H]5C[C@@H](O[C@@H]6O[C@H](CO)[C@H](O[C@@H]7O[C@H](CO)[C@@H](O)[C@H](O)[C@H]7O)[C@H](O)[C@H]6O)CC[C@]5(C)[C@H]4CC[C@]3(C)[C@H]2[C@@H]1C)CO[C@@H]1O[C@H](CO)[C@@H](O)[C@H](O)[C@H]1O. The second-order valence-corrected chi connectivity index (χ2v) is 21.5. The lowest BCUT2D eigenvalue weighted by Crippen LogP contribution is -2.65. The van der Waals surface area contributed by atoms with Crippen LogP contribution in [0, 0.1) is 52.3 Å². The van der Waals surface area contributed by atoms with E-state index in [-0.39, 0.29) is 47.4 Å². The monoisotopic (exact) mass is 920 g/mol. The Balaban J connectivity index is 0.836. The Kier molecular flexibility index (Phi) is 14.9. The molecule has 0 spiro atoms. The third-order valence-electron chi connectivity index (χ3n) is 18.0. The zero-order chi connectivity index (χ0) is 46.2. The molecule has 0 aromatic rings. The molecule has 0 bridgehead atoms.